The molecule has 212 valence electrons. The lowest BCUT2D eigenvalue weighted by Crippen LogP contribution is -2.54. The summed E-state index contributed by atoms with van der Waals surface area (Å²) >= 11 is 5.86. The number of ether oxygens (including phenoxy) is 3. The summed E-state index contributed by atoms with van der Waals surface area (Å²) in [5.41, 5.74) is 0.971. The molecule has 11 heteroatoms. The zero-order chi connectivity index (χ0) is 29.4. The summed E-state index contributed by atoms with van der Waals surface area (Å²) in [4.78, 5) is 51.9. The molecule has 1 aliphatic rings. The summed E-state index contributed by atoms with van der Waals surface area (Å²) < 4.78 is 16.9. The van der Waals surface area contributed by atoms with E-state index in [9.17, 15) is 19.2 Å². The Hall–Kier alpha value is -4.83. The van der Waals surface area contributed by atoms with Gasteiger partial charge in [-0.3, -0.25) is 19.7 Å². The summed E-state index contributed by atoms with van der Waals surface area (Å²) in [6.45, 7) is 4.32. The van der Waals surface area contributed by atoms with Crippen molar-refractivity contribution in [1.82, 2.24) is 5.32 Å². The van der Waals surface area contributed by atoms with Crippen LogP contribution in [-0.2, 0) is 14.4 Å². The predicted molar refractivity (Wildman–Crippen MR) is 154 cm³/mol. The van der Waals surface area contributed by atoms with E-state index in [4.69, 9.17) is 25.8 Å². The van der Waals surface area contributed by atoms with Crippen LogP contribution < -0.4 is 29.7 Å². The quantitative estimate of drug-likeness (QED) is 0.237. The van der Waals surface area contributed by atoms with Crippen LogP contribution >= 0.6 is 11.6 Å². The number of hydrogen-bond acceptors (Lipinski definition) is 7. The maximum atomic E-state index is 13.4. The van der Waals surface area contributed by atoms with Crippen LogP contribution in [0.2, 0.25) is 5.02 Å². The van der Waals surface area contributed by atoms with Gasteiger partial charge in [0.15, 0.2) is 18.1 Å². The monoisotopic (exact) mass is 577 g/mol. The molecule has 4 rings (SSSR count). The number of hydrogen-bond donors (Lipinski definition) is 2. The van der Waals surface area contributed by atoms with Crippen molar-refractivity contribution in [3.05, 3.63) is 82.9 Å². The van der Waals surface area contributed by atoms with E-state index >= 15 is 0 Å². The van der Waals surface area contributed by atoms with Gasteiger partial charge < -0.3 is 19.5 Å². The Labute approximate surface area is 241 Å². The minimum Gasteiger partial charge on any atom is -0.490 e. The third-order valence-corrected chi connectivity index (χ3v) is 5.97. The highest BCUT2D eigenvalue weighted by atomic mass is 35.5. The van der Waals surface area contributed by atoms with Crippen molar-refractivity contribution < 1.29 is 33.4 Å². The molecule has 0 radical (unpaired) electrons. The molecule has 0 spiro atoms. The molecule has 1 heterocycles. The predicted octanol–water partition coefficient (Wildman–Crippen LogP) is 5.21. The Morgan fingerprint density at radius 3 is 2.46 bits per heavy atom. The molecule has 10 nitrogen and oxygen atoms in total. The van der Waals surface area contributed by atoms with Crippen molar-refractivity contribution in [2.24, 2.45) is 0 Å². The third kappa shape index (κ3) is 7.43. The molecule has 0 aromatic heterocycles. The lowest BCUT2D eigenvalue weighted by atomic mass is 10.1. The summed E-state index contributed by atoms with van der Waals surface area (Å²) in [7, 11) is 0. The topological polar surface area (TPSA) is 123 Å². The van der Waals surface area contributed by atoms with Gasteiger partial charge in [-0.15, -0.1) is 0 Å². The van der Waals surface area contributed by atoms with Gasteiger partial charge in [0.1, 0.15) is 11.3 Å². The standard InChI is InChI=1S/C30H28ClN3O7/c1-3-14-40-25-13-12-22(17-26(25)39-4-2)34-29(37)24(28(36)33-30(34)38)16-19-6-5-7-23(15-19)41-18-27(35)32-21-10-8-20(31)9-11-21/h5-13,15-17H,3-4,14,18H2,1-2H3,(H,32,35)(H,33,36,38)/b24-16-. The fourth-order valence-electron chi connectivity index (χ4n) is 3.87. The van der Waals surface area contributed by atoms with Crippen LogP contribution in [0.25, 0.3) is 6.08 Å². The van der Waals surface area contributed by atoms with E-state index < -0.39 is 17.8 Å². The summed E-state index contributed by atoms with van der Waals surface area (Å²) in [5.74, 6) is -0.843. The van der Waals surface area contributed by atoms with E-state index in [1.807, 2.05) is 6.92 Å². The molecule has 3 aromatic rings. The van der Waals surface area contributed by atoms with Crippen molar-refractivity contribution in [3.63, 3.8) is 0 Å². The molecule has 1 aliphatic heterocycles. The van der Waals surface area contributed by atoms with Gasteiger partial charge in [-0.2, -0.15) is 0 Å². The van der Waals surface area contributed by atoms with E-state index in [-0.39, 0.29) is 23.8 Å². The zero-order valence-electron chi connectivity index (χ0n) is 22.4. The first kappa shape index (κ1) is 29.2. The average Bonchev–Trinajstić information content (AvgIpc) is 2.95. The van der Waals surface area contributed by atoms with Crippen molar-refractivity contribution in [2.45, 2.75) is 20.3 Å². The number of nitrogens with one attached hydrogen (secondary N) is 2. The van der Waals surface area contributed by atoms with Crippen LogP contribution in [0.15, 0.2) is 72.3 Å². The second-order valence-electron chi connectivity index (χ2n) is 8.79. The normalized spacial score (nSPS) is 14.1. The molecule has 0 aliphatic carbocycles. The number of anilines is 2. The molecule has 1 fully saturated rings. The first-order valence-corrected chi connectivity index (χ1v) is 13.3. The molecular formula is C30H28ClN3O7. The highest BCUT2D eigenvalue weighted by Gasteiger charge is 2.37. The van der Waals surface area contributed by atoms with Crippen molar-refractivity contribution >= 4 is 52.8 Å². The molecule has 5 amide bonds. The number of imide groups is 2. The lowest BCUT2D eigenvalue weighted by Gasteiger charge is -2.27. The molecule has 41 heavy (non-hydrogen) atoms. The van der Waals surface area contributed by atoms with Gasteiger partial charge in [-0.25, -0.2) is 9.69 Å². The Morgan fingerprint density at radius 2 is 1.73 bits per heavy atom. The van der Waals surface area contributed by atoms with Crippen LogP contribution in [0.1, 0.15) is 25.8 Å². The smallest absolute Gasteiger partial charge is 0.335 e. The summed E-state index contributed by atoms with van der Waals surface area (Å²) in [6, 6.07) is 16.9. The average molecular weight is 578 g/mol. The highest BCUT2D eigenvalue weighted by molar-refractivity contribution is 6.39. The van der Waals surface area contributed by atoms with Gasteiger partial charge in [0.25, 0.3) is 17.7 Å². The number of rotatable bonds is 11. The third-order valence-electron chi connectivity index (χ3n) is 5.72. The van der Waals surface area contributed by atoms with Gasteiger partial charge in [0.05, 0.1) is 18.9 Å². The van der Waals surface area contributed by atoms with E-state index in [1.165, 1.54) is 12.1 Å². The van der Waals surface area contributed by atoms with E-state index in [1.54, 1.807) is 67.6 Å². The first-order valence-electron chi connectivity index (χ1n) is 12.9. The molecule has 0 saturated carbocycles. The van der Waals surface area contributed by atoms with Crippen LogP contribution in [0.3, 0.4) is 0 Å². The van der Waals surface area contributed by atoms with Crippen LogP contribution in [0.4, 0.5) is 16.2 Å². The molecule has 3 aromatic carbocycles. The molecule has 0 bridgehead atoms. The molecule has 0 unspecified atom stereocenters. The van der Waals surface area contributed by atoms with Crippen molar-refractivity contribution in [2.75, 3.05) is 30.0 Å². The number of halogens is 1. The number of barbiturate groups is 1. The van der Waals surface area contributed by atoms with Gasteiger partial charge in [0, 0.05) is 16.8 Å². The minimum absolute atomic E-state index is 0.210. The number of carbonyl (C=O) groups excluding carboxylic acids is 4. The van der Waals surface area contributed by atoms with Gasteiger partial charge in [0.2, 0.25) is 0 Å². The number of urea groups is 1. The van der Waals surface area contributed by atoms with Crippen molar-refractivity contribution in [1.29, 1.82) is 0 Å². The van der Waals surface area contributed by atoms with Gasteiger partial charge in [-0.1, -0.05) is 30.7 Å². The molecule has 1 saturated heterocycles. The fourth-order valence-corrected chi connectivity index (χ4v) is 3.99. The maximum Gasteiger partial charge on any atom is 0.335 e. The molecule has 0 atom stereocenters. The van der Waals surface area contributed by atoms with Gasteiger partial charge >= 0.3 is 6.03 Å². The SMILES string of the molecule is CCCOc1ccc(N2C(=O)NC(=O)/C(=C/c3cccc(OCC(=O)Nc4ccc(Cl)cc4)c3)C2=O)cc1OCC. The van der Waals surface area contributed by atoms with E-state index in [2.05, 4.69) is 10.6 Å². The second kappa shape index (κ2) is 13.5. The molecule has 2 N–H and O–H groups in total. The van der Waals surface area contributed by atoms with Crippen LogP contribution in [0, 0.1) is 0 Å². The summed E-state index contributed by atoms with van der Waals surface area (Å²) in [6.07, 6.45) is 2.14. The van der Waals surface area contributed by atoms with E-state index in [0.29, 0.717) is 46.7 Å². The number of amides is 5. The zero-order valence-corrected chi connectivity index (χ0v) is 23.2. The number of nitrogens with zero attached hydrogens (tertiary/aromatic N) is 1. The fraction of sp³-hybridized carbons (Fsp3) is 0.200. The van der Waals surface area contributed by atoms with Crippen molar-refractivity contribution in [3.8, 4) is 17.2 Å². The van der Waals surface area contributed by atoms with Crippen LogP contribution in [0.5, 0.6) is 17.2 Å². The van der Waals surface area contributed by atoms with E-state index in [0.717, 1.165) is 11.3 Å². The first-order chi connectivity index (χ1) is 19.8. The number of benzene rings is 3. The Kier molecular flexibility index (Phi) is 9.60. The van der Waals surface area contributed by atoms with Crippen LogP contribution in [-0.4, -0.2) is 43.6 Å². The number of carbonyl (C=O) groups is 4. The summed E-state index contributed by atoms with van der Waals surface area (Å²) in [5, 5.41) is 5.45. The lowest BCUT2D eigenvalue weighted by molar-refractivity contribution is -0.122. The van der Waals surface area contributed by atoms with Gasteiger partial charge in [-0.05, 0) is 73.5 Å². The largest absolute Gasteiger partial charge is 0.490 e. The Bertz CT molecular complexity index is 1490. The molecular weight excluding hydrogens is 550 g/mol. The Balaban J connectivity index is 1.51. The maximum absolute atomic E-state index is 13.4. The second-order valence-corrected chi connectivity index (χ2v) is 9.22. The minimum atomic E-state index is -0.884. The Morgan fingerprint density at radius 1 is 0.951 bits per heavy atom. The highest BCUT2D eigenvalue weighted by Crippen LogP contribution is 2.34.